The fourth-order valence-corrected chi connectivity index (χ4v) is 1.77. The first-order valence-corrected chi connectivity index (χ1v) is 8.73. The van der Waals surface area contributed by atoms with Gasteiger partial charge >= 0.3 is 5.97 Å². The number of aliphatic hydroxyl groups excluding tert-OH is 1. The number of aliphatic hydroxyl groups is 1. The Morgan fingerprint density at radius 1 is 1.07 bits per heavy atom. The molecule has 0 aliphatic rings. The molecule has 0 aliphatic carbocycles. The summed E-state index contributed by atoms with van der Waals surface area (Å²) in [5.74, 6) is -0.785. The summed E-state index contributed by atoms with van der Waals surface area (Å²) in [6, 6.07) is 20.7. The van der Waals surface area contributed by atoms with Crippen molar-refractivity contribution >= 4 is 12.0 Å². The van der Waals surface area contributed by atoms with Gasteiger partial charge in [0, 0.05) is 6.08 Å². The molecule has 2 rings (SSSR count). The zero-order valence-electron chi connectivity index (χ0n) is 15.7. The van der Waals surface area contributed by atoms with Crippen molar-refractivity contribution in [1.82, 2.24) is 0 Å². The normalized spacial score (nSPS) is 10.8. The molecule has 1 N–H and O–H groups in total. The van der Waals surface area contributed by atoms with Crippen LogP contribution in [-0.2, 0) is 9.53 Å². The quantitative estimate of drug-likeness (QED) is 0.236. The second kappa shape index (κ2) is 14.4. The number of benzene rings is 2. The molecule has 0 aliphatic heterocycles. The van der Waals surface area contributed by atoms with Gasteiger partial charge in [0.2, 0.25) is 5.76 Å². The van der Waals surface area contributed by atoms with E-state index in [1.54, 1.807) is 30.3 Å². The Labute approximate surface area is 165 Å². The highest BCUT2D eigenvalue weighted by molar-refractivity contribution is 5.85. The van der Waals surface area contributed by atoms with Gasteiger partial charge in [0.05, 0.1) is 12.7 Å². The number of allylic oxidation sites excluding steroid dienone is 3. The first-order chi connectivity index (χ1) is 13.7. The minimum absolute atomic E-state index is 0.280. The molecule has 0 spiro atoms. The summed E-state index contributed by atoms with van der Waals surface area (Å²) in [5, 5.41) is 17.5. The predicted octanol–water partition coefficient (Wildman–Crippen LogP) is 5.20. The number of para-hydroxylation sites is 1. The zero-order valence-corrected chi connectivity index (χ0v) is 15.7. The van der Waals surface area contributed by atoms with E-state index >= 15 is 0 Å². The number of esters is 1. The average molecular weight is 377 g/mol. The number of hydrogen-bond donors (Lipinski definition) is 1. The smallest absolute Gasteiger partial charge is 0.376 e. The number of carbonyl (C=O) groups is 1. The maximum absolute atomic E-state index is 11.1. The van der Waals surface area contributed by atoms with Gasteiger partial charge in [-0.2, -0.15) is 5.26 Å². The molecule has 2 aromatic carbocycles. The van der Waals surface area contributed by atoms with Gasteiger partial charge in [-0.25, -0.2) is 4.79 Å². The number of nitriles is 1. The summed E-state index contributed by atoms with van der Waals surface area (Å²) >= 11 is 0. The van der Waals surface area contributed by atoms with Crippen LogP contribution in [0.25, 0.3) is 6.08 Å². The van der Waals surface area contributed by atoms with E-state index in [1.165, 1.54) is 6.08 Å². The van der Waals surface area contributed by atoms with Crippen molar-refractivity contribution in [2.24, 2.45) is 0 Å². The fraction of sp³-hybridized carbons (Fsp3) is 0.130. The van der Waals surface area contributed by atoms with Crippen molar-refractivity contribution in [2.75, 3.05) is 6.61 Å². The first kappa shape index (κ1) is 22.3. The topological polar surface area (TPSA) is 79.6 Å². The molecule has 0 bridgehead atoms. The van der Waals surface area contributed by atoms with E-state index in [1.807, 2.05) is 61.5 Å². The van der Waals surface area contributed by atoms with E-state index in [0.29, 0.717) is 12.2 Å². The second-order valence-electron chi connectivity index (χ2n) is 5.33. The molecule has 0 heterocycles. The molecule has 0 atom stereocenters. The van der Waals surface area contributed by atoms with Crippen LogP contribution in [0.3, 0.4) is 0 Å². The first-order valence-electron chi connectivity index (χ1n) is 8.73. The summed E-state index contributed by atoms with van der Waals surface area (Å²) in [6.07, 6.45) is 8.63. The molecule has 0 fully saturated rings. The molecule has 0 aromatic heterocycles. The van der Waals surface area contributed by atoms with Gasteiger partial charge < -0.3 is 14.6 Å². The number of carbonyl (C=O) groups excluding carboxylic acids is 1. The molecule has 0 saturated carbocycles. The number of nitrogens with zero attached hydrogens (tertiary/aromatic N) is 1. The van der Waals surface area contributed by atoms with Crippen LogP contribution in [0, 0.1) is 11.3 Å². The largest absolute Gasteiger partial charge is 0.500 e. The Hall–Kier alpha value is -3.78. The summed E-state index contributed by atoms with van der Waals surface area (Å²) in [4.78, 5) is 11.1. The minimum Gasteiger partial charge on any atom is -0.500 e. The summed E-state index contributed by atoms with van der Waals surface area (Å²) in [5.41, 5.74) is 1.14. The molecule has 0 unspecified atom stereocenters. The SMILES string of the molecule is CCCOC(=O)C(O)=COc1ccccc1.N#CC=CC=Cc1ccccc1. The Bertz CT molecular complexity index is 819. The van der Waals surface area contributed by atoms with Crippen molar-refractivity contribution in [3.63, 3.8) is 0 Å². The lowest BCUT2D eigenvalue weighted by Gasteiger charge is -2.02. The molecular weight excluding hydrogens is 354 g/mol. The lowest BCUT2D eigenvalue weighted by Crippen LogP contribution is -2.09. The monoisotopic (exact) mass is 377 g/mol. The van der Waals surface area contributed by atoms with E-state index in [4.69, 9.17) is 14.7 Å². The van der Waals surface area contributed by atoms with Crippen LogP contribution in [-0.4, -0.2) is 17.7 Å². The summed E-state index contributed by atoms with van der Waals surface area (Å²) in [6.45, 7) is 2.15. The van der Waals surface area contributed by atoms with Crippen molar-refractivity contribution in [3.05, 3.63) is 96.5 Å². The Balaban J connectivity index is 0.000000292. The van der Waals surface area contributed by atoms with Crippen LogP contribution in [0.15, 0.2) is 90.9 Å². The highest BCUT2D eigenvalue weighted by Gasteiger charge is 2.08. The highest BCUT2D eigenvalue weighted by Crippen LogP contribution is 2.09. The van der Waals surface area contributed by atoms with Crippen LogP contribution < -0.4 is 4.74 Å². The van der Waals surface area contributed by atoms with Crippen molar-refractivity contribution in [1.29, 1.82) is 5.26 Å². The van der Waals surface area contributed by atoms with E-state index in [-0.39, 0.29) is 6.61 Å². The molecule has 5 heteroatoms. The number of rotatable bonds is 7. The van der Waals surface area contributed by atoms with Crippen LogP contribution in [0.4, 0.5) is 0 Å². The van der Waals surface area contributed by atoms with Gasteiger partial charge in [-0.3, -0.25) is 0 Å². The molecule has 144 valence electrons. The summed E-state index contributed by atoms with van der Waals surface area (Å²) in [7, 11) is 0. The average Bonchev–Trinajstić information content (AvgIpc) is 2.75. The molecule has 2 aromatic rings. The van der Waals surface area contributed by atoms with Gasteiger partial charge in [0.15, 0.2) is 0 Å². The van der Waals surface area contributed by atoms with Gasteiger partial charge in [0.1, 0.15) is 12.0 Å². The summed E-state index contributed by atoms with van der Waals surface area (Å²) < 4.78 is 9.76. The fourth-order valence-electron chi connectivity index (χ4n) is 1.77. The van der Waals surface area contributed by atoms with Crippen LogP contribution in [0.5, 0.6) is 5.75 Å². The van der Waals surface area contributed by atoms with Crippen molar-refractivity contribution in [2.45, 2.75) is 13.3 Å². The lowest BCUT2D eigenvalue weighted by molar-refractivity contribution is -0.142. The molecule has 0 saturated heterocycles. The molecule has 5 nitrogen and oxygen atoms in total. The van der Waals surface area contributed by atoms with E-state index in [0.717, 1.165) is 11.8 Å². The zero-order chi connectivity index (χ0) is 20.5. The van der Waals surface area contributed by atoms with Gasteiger partial charge in [-0.15, -0.1) is 0 Å². The maximum atomic E-state index is 11.1. The molecule has 0 radical (unpaired) electrons. The van der Waals surface area contributed by atoms with E-state index in [9.17, 15) is 9.90 Å². The second-order valence-corrected chi connectivity index (χ2v) is 5.33. The van der Waals surface area contributed by atoms with Crippen LogP contribution in [0.2, 0.25) is 0 Å². The highest BCUT2D eigenvalue weighted by atomic mass is 16.5. The number of ether oxygens (including phenoxy) is 2. The Morgan fingerprint density at radius 3 is 2.32 bits per heavy atom. The molecule has 28 heavy (non-hydrogen) atoms. The number of hydrogen-bond acceptors (Lipinski definition) is 5. The molecule has 0 amide bonds. The van der Waals surface area contributed by atoms with Crippen LogP contribution in [0.1, 0.15) is 18.9 Å². The Morgan fingerprint density at radius 2 is 1.71 bits per heavy atom. The standard InChI is InChI=1S/C12H14O4.C11H9N/c1-2-8-15-12(14)11(13)9-16-10-6-4-3-5-7-10;12-10-6-2-5-9-11-7-3-1-4-8-11/h3-7,9,13H,2,8H2,1H3;1-9H. The van der Waals surface area contributed by atoms with E-state index < -0.39 is 11.7 Å². The predicted molar refractivity (Wildman–Crippen MR) is 109 cm³/mol. The van der Waals surface area contributed by atoms with Gasteiger partial charge in [-0.05, 0) is 24.1 Å². The van der Waals surface area contributed by atoms with Gasteiger partial charge in [-0.1, -0.05) is 73.7 Å². The molecular formula is C23H23NO4. The maximum Gasteiger partial charge on any atom is 0.376 e. The third-order valence-electron chi connectivity index (χ3n) is 3.07. The third kappa shape index (κ3) is 10.3. The van der Waals surface area contributed by atoms with Gasteiger partial charge in [0.25, 0.3) is 0 Å². The minimum atomic E-state index is -0.780. The van der Waals surface area contributed by atoms with Crippen LogP contribution >= 0.6 is 0 Å². The lowest BCUT2D eigenvalue weighted by atomic mass is 10.2. The van der Waals surface area contributed by atoms with Crippen molar-refractivity contribution in [3.8, 4) is 11.8 Å². The van der Waals surface area contributed by atoms with E-state index in [2.05, 4.69) is 0 Å². The Kier molecular flexibility index (Phi) is 11.4. The van der Waals surface area contributed by atoms with Crippen molar-refractivity contribution < 1.29 is 19.4 Å². The third-order valence-corrected chi connectivity index (χ3v) is 3.07.